The first-order valence-corrected chi connectivity index (χ1v) is 5.74. The number of aryl methyl sites for hydroxylation is 1. The zero-order valence-electron chi connectivity index (χ0n) is 10.5. The molecule has 0 bridgehead atoms. The third-order valence-electron chi connectivity index (χ3n) is 2.24. The van der Waals surface area contributed by atoms with Crippen LogP contribution in [0.5, 0.6) is 0 Å². The van der Waals surface area contributed by atoms with Crippen LogP contribution in [0.15, 0.2) is 6.07 Å². The van der Waals surface area contributed by atoms with Crippen molar-refractivity contribution in [2.75, 3.05) is 6.61 Å². The maximum atomic E-state index is 5.77. The summed E-state index contributed by atoms with van der Waals surface area (Å²) >= 11 is 0. The molecule has 0 aliphatic carbocycles. The van der Waals surface area contributed by atoms with Crippen molar-refractivity contribution in [1.29, 1.82) is 0 Å². The smallest absolute Gasteiger partial charge is 0.157 e. The predicted octanol–water partition coefficient (Wildman–Crippen LogP) is 1.77. The second kappa shape index (κ2) is 5.92. The number of nitrogens with two attached hydrogens (primary N) is 1. The van der Waals surface area contributed by atoms with Gasteiger partial charge in [0.2, 0.25) is 0 Å². The van der Waals surface area contributed by atoms with E-state index in [2.05, 4.69) is 9.97 Å². The minimum absolute atomic E-state index is 0.0586. The van der Waals surface area contributed by atoms with Gasteiger partial charge in [0.1, 0.15) is 6.10 Å². The molecule has 90 valence electrons. The van der Waals surface area contributed by atoms with Gasteiger partial charge in [-0.1, -0.05) is 0 Å². The number of nitrogens with zero attached hydrogens (tertiary/aromatic N) is 2. The van der Waals surface area contributed by atoms with Crippen LogP contribution in [0.2, 0.25) is 0 Å². The lowest BCUT2D eigenvalue weighted by molar-refractivity contribution is 0.0697. The summed E-state index contributed by atoms with van der Waals surface area (Å²) in [4.78, 5) is 8.86. The van der Waals surface area contributed by atoms with E-state index in [1.165, 1.54) is 0 Å². The Bertz CT molecular complexity index is 339. The van der Waals surface area contributed by atoms with Crippen LogP contribution in [-0.2, 0) is 11.2 Å². The maximum absolute atomic E-state index is 5.77. The van der Waals surface area contributed by atoms with Crippen molar-refractivity contribution in [2.24, 2.45) is 5.73 Å². The van der Waals surface area contributed by atoms with Gasteiger partial charge >= 0.3 is 0 Å². The highest BCUT2D eigenvalue weighted by molar-refractivity contribution is 5.12. The van der Waals surface area contributed by atoms with Crippen molar-refractivity contribution in [3.05, 3.63) is 23.3 Å². The third kappa shape index (κ3) is 3.87. The molecular formula is C12H21N3O. The largest absolute Gasteiger partial charge is 0.371 e. The second-order valence-electron chi connectivity index (χ2n) is 4.14. The Morgan fingerprint density at radius 2 is 2.06 bits per heavy atom. The lowest BCUT2D eigenvalue weighted by Gasteiger charge is -2.13. The number of aromatic nitrogens is 2. The topological polar surface area (TPSA) is 61.0 Å². The molecule has 4 nitrogen and oxygen atoms in total. The Hall–Kier alpha value is -1.00. The van der Waals surface area contributed by atoms with Gasteiger partial charge in [0.15, 0.2) is 5.82 Å². The fourth-order valence-electron chi connectivity index (χ4n) is 1.60. The zero-order valence-corrected chi connectivity index (χ0v) is 10.5. The summed E-state index contributed by atoms with van der Waals surface area (Å²) in [5.41, 5.74) is 7.72. The van der Waals surface area contributed by atoms with Crippen LogP contribution in [0.4, 0.5) is 0 Å². The van der Waals surface area contributed by atoms with Crippen LogP contribution in [0.1, 0.15) is 44.1 Å². The van der Waals surface area contributed by atoms with E-state index in [0.717, 1.165) is 23.6 Å². The van der Waals surface area contributed by atoms with Crippen molar-refractivity contribution in [3.63, 3.8) is 0 Å². The molecule has 0 amide bonds. The number of hydrogen-bond donors (Lipinski definition) is 1. The summed E-state index contributed by atoms with van der Waals surface area (Å²) in [5.74, 6) is 0.748. The molecular weight excluding hydrogens is 202 g/mol. The molecule has 0 radical (unpaired) electrons. The molecule has 0 saturated heterocycles. The fourth-order valence-corrected chi connectivity index (χ4v) is 1.60. The van der Waals surface area contributed by atoms with Crippen molar-refractivity contribution in [3.8, 4) is 0 Å². The highest BCUT2D eigenvalue weighted by Crippen LogP contribution is 2.13. The van der Waals surface area contributed by atoms with Gasteiger partial charge in [-0.05, 0) is 33.8 Å². The summed E-state index contributed by atoms with van der Waals surface area (Å²) in [7, 11) is 0. The van der Waals surface area contributed by atoms with E-state index >= 15 is 0 Å². The van der Waals surface area contributed by atoms with E-state index in [9.17, 15) is 0 Å². The van der Waals surface area contributed by atoms with E-state index in [1.54, 1.807) is 0 Å². The third-order valence-corrected chi connectivity index (χ3v) is 2.24. The fraction of sp³-hybridized carbons (Fsp3) is 0.667. The van der Waals surface area contributed by atoms with Crippen LogP contribution < -0.4 is 5.73 Å². The first-order chi connectivity index (χ1) is 7.52. The highest BCUT2D eigenvalue weighted by Gasteiger charge is 2.11. The molecule has 1 heterocycles. The van der Waals surface area contributed by atoms with Gasteiger partial charge in [0, 0.05) is 30.5 Å². The monoisotopic (exact) mass is 223 g/mol. The molecule has 0 aromatic carbocycles. The van der Waals surface area contributed by atoms with Gasteiger partial charge in [0.05, 0.1) is 0 Å². The van der Waals surface area contributed by atoms with E-state index in [1.807, 2.05) is 33.8 Å². The summed E-state index contributed by atoms with van der Waals surface area (Å²) in [6, 6.07) is 2.09. The summed E-state index contributed by atoms with van der Waals surface area (Å²) < 4.78 is 5.49. The minimum Gasteiger partial charge on any atom is -0.371 e. The lowest BCUT2D eigenvalue weighted by atomic mass is 10.1. The van der Waals surface area contributed by atoms with E-state index in [-0.39, 0.29) is 12.1 Å². The molecule has 2 unspecified atom stereocenters. The standard InChI is InChI=1S/C12H21N3O/c1-5-16-10(4)12-14-9(3)7-11(15-12)6-8(2)13/h7-8,10H,5-6,13H2,1-4H3. The molecule has 0 spiro atoms. The van der Waals surface area contributed by atoms with Gasteiger partial charge < -0.3 is 10.5 Å². The van der Waals surface area contributed by atoms with Crippen LogP contribution in [0.3, 0.4) is 0 Å². The normalized spacial score (nSPS) is 14.8. The Labute approximate surface area is 97.2 Å². The first kappa shape index (κ1) is 13.1. The average Bonchev–Trinajstić information content (AvgIpc) is 2.15. The molecule has 0 aliphatic rings. The Morgan fingerprint density at radius 1 is 1.38 bits per heavy atom. The van der Waals surface area contributed by atoms with E-state index in [4.69, 9.17) is 10.5 Å². The minimum atomic E-state index is -0.0586. The Balaban J connectivity index is 2.89. The molecule has 2 N–H and O–H groups in total. The average molecular weight is 223 g/mol. The van der Waals surface area contributed by atoms with Crippen LogP contribution in [0.25, 0.3) is 0 Å². The van der Waals surface area contributed by atoms with Crippen molar-refractivity contribution in [2.45, 2.75) is 46.3 Å². The molecule has 0 aliphatic heterocycles. The lowest BCUT2D eigenvalue weighted by Crippen LogP contribution is -2.19. The van der Waals surface area contributed by atoms with Crippen LogP contribution >= 0.6 is 0 Å². The number of rotatable bonds is 5. The molecule has 2 atom stereocenters. The van der Waals surface area contributed by atoms with Gasteiger partial charge in [-0.25, -0.2) is 9.97 Å². The highest BCUT2D eigenvalue weighted by atomic mass is 16.5. The number of ether oxygens (including phenoxy) is 1. The van der Waals surface area contributed by atoms with Gasteiger partial charge in [0.25, 0.3) is 0 Å². The Morgan fingerprint density at radius 3 is 2.62 bits per heavy atom. The van der Waals surface area contributed by atoms with Crippen LogP contribution in [0, 0.1) is 6.92 Å². The molecule has 4 heteroatoms. The molecule has 0 saturated carbocycles. The maximum Gasteiger partial charge on any atom is 0.157 e. The van der Waals surface area contributed by atoms with Crippen molar-refractivity contribution >= 4 is 0 Å². The van der Waals surface area contributed by atoms with Gasteiger partial charge in [-0.2, -0.15) is 0 Å². The Kier molecular flexibility index (Phi) is 4.83. The van der Waals surface area contributed by atoms with Crippen molar-refractivity contribution < 1.29 is 4.74 Å². The first-order valence-electron chi connectivity index (χ1n) is 5.74. The quantitative estimate of drug-likeness (QED) is 0.826. The second-order valence-corrected chi connectivity index (χ2v) is 4.14. The van der Waals surface area contributed by atoms with Gasteiger partial charge in [-0.3, -0.25) is 0 Å². The SMILES string of the molecule is CCOC(C)c1nc(C)cc(CC(C)N)n1. The van der Waals surface area contributed by atoms with E-state index in [0.29, 0.717) is 6.61 Å². The molecule has 1 aromatic rings. The summed E-state index contributed by atoms with van der Waals surface area (Å²) in [5, 5.41) is 0. The van der Waals surface area contributed by atoms with Crippen LogP contribution in [-0.4, -0.2) is 22.6 Å². The molecule has 1 rings (SSSR count). The summed E-state index contributed by atoms with van der Waals surface area (Å²) in [6.45, 7) is 8.54. The molecule has 1 aromatic heterocycles. The predicted molar refractivity (Wildman–Crippen MR) is 64.2 cm³/mol. The van der Waals surface area contributed by atoms with Gasteiger partial charge in [-0.15, -0.1) is 0 Å². The van der Waals surface area contributed by atoms with E-state index < -0.39 is 0 Å². The molecule has 0 fully saturated rings. The zero-order chi connectivity index (χ0) is 12.1. The summed E-state index contributed by atoms with van der Waals surface area (Å²) in [6.07, 6.45) is 0.714. The molecule has 16 heavy (non-hydrogen) atoms. The van der Waals surface area contributed by atoms with Crippen molar-refractivity contribution in [1.82, 2.24) is 9.97 Å². The number of hydrogen-bond acceptors (Lipinski definition) is 4.